The molecule has 3 aromatic rings. The Bertz CT molecular complexity index is 1180. The van der Waals surface area contributed by atoms with E-state index < -0.39 is 30.0 Å². The Morgan fingerprint density at radius 3 is 2.90 bits per heavy atom. The van der Waals surface area contributed by atoms with E-state index in [0.29, 0.717) is 35.3 Å². The molecular formula is C20H20FN7O3. The molecule has 1 fully saturated rings. The molecule has 0 spiro atoms. The molecule has 11 heteroatoms. The van der Waals surface area contributed by atoms with Gasteiger partial charge in [0.1, 0.15) is 18.0 Å². The first-order chi connectivity index (χ1) is 14.9. The highest BCUT2D eigenvalue weighted by Crippen LogP contribution is 2.28. The lowest BCUT2D eigenvalue weighted by Gasteiger charge is -2.20. The molecule has 0 unspecified atom stereocenters. The summed E-state index contributed by atoms with van der Waals surface area (Å²) in [4.78, 5) is 22.7. The number of aromatic amines is 1. The second-order valence-corrected chi connectivity index (χ2v) is 7.48. The SMILES string of the molecule is CN(Cc1cc(F)ccc1C#N)C(=O)c1n[nH]c2ncnc(N[C@@H]3CC[C@@H](O)[C@H]3O)c12. The average molecular weight is 425 g/mol. The normalized spacial score (nSPS) is 20.5. The lowest BCUT2D eigenvalue weighted by molar-refractivity contribution is 0.0392. The zero-order valence-corrected chi connectivity index (χ0v) is 16.6. The van der Waals surface area contributed by atoms with Gasteiger partial charge in [-0.15, -0.1) is 0 Å². The molecule has 0 radical (unpaired) electrons. The number of fused-ring (bicyclic) bond motifs is 1. The largest absolute Gasteiger partial charge is 0.390 e. The van der Waals surface area contributed by atoms with Crippen molar-refractivity contribution in [2.75, 3.05) is 12.4 Å². The predicted octanol–water partition coefficient (Wildman–Crippen LogP) is 0.932. The van der Waals surface area contributed by atoms with Crippen molar-refractivity contribution in [2.24, 2.45) is 0 Å². The Balaban J connectivity index is 1.63. The van der Waals surface area contributed by atoms with Gasteiger partial charge in [0.15, 0.2) is 11.3 Å². The second kappa shape index (κ2) is 8.25. The number of hydrogen-bond acceptors (Lipinski definition) is 8. The molecule has 1 aliphatic carbocycles. The molecule has 1 amide bonds. The summed E-state index contributed by atoms with van der Waals surface area (Å²) in [6, 6.07) is 5.32. The van der Waals surface area contributed by atoms with E-state index in [1.807, 2.05) is 6.07 Å². The van der Waals surface area contributed by atoms with Gasteiger partial charge in [-0.2, -0.15) is 10.4 Å². The van der Waals surface area contributed by atoms with Gasteiger partial charge in [-0.1, -0.05) is 0 Å². The van der Waals surface area contributed by atoms with Crippen LogP contribution < -0.4 is 5.32 Å². The third-order valence-corrected chi connectivity index (χ3v) is 5.40. The van der Waals surface area contributed by atoms with Crippen LogP contribution >= 0.6 is 0 Å². The fraction of sp³-hybridized carbons (Fsp3) is 0.350. The van der Waals surface area contributed by atoms with Crippen LogP contribution in [0.15, 0.2) is 24.5 Å². The summed E-state index contributed by atoms with van der Waals surface area (Å²) in [7, 11) is 1.52. The first-order valence-corrected chi connectivity index (χ1v) is 9.64. The number of benzene rings is 1. The van der Waals surface area contributed by atoms with Crippen molar-refractivity contribution in [3.63, 3.8) is 0 Å². The van der Waals surface area contributed by atoms with E-state index in [0.717, 1.165) is 0 Å². The average Bonchev–Trinajstić information content (AvgIpc) is 3.33. The van der Waals surface area contributed by atoms with Crippen molar-refractivity contribution in [1.82, 2.24) is 25.1 Å². The number of nitrogens with zero attached hydrogens (tertiary/aromatic N) is 5. The smallest absolute Gasteiger partial charge is 0.275 e. The van der Waals surface area contributed by atoms with Gasteiger partial charge in [-0.25, -0.2) is 14.4 Å². The van der Waals surface area contributed by atoms with Gasteiger partial charge in [-0.3, -0.25) is 9.89 Å². The summed E-state index contributed by atoms with van der Waals surface area (Å²) in [5, 5.41) is 39.3. The molecule has 31 heavy (non-hydrogen) atoms. The van der Waals surface area contributed by atoms with Gasteiger partial charge in [0.05, 0.1) is 35.3 Å². The lowest BCUT2D eigenvalue weighted by Crippen LogP contribution is -2.34. The van der Waals surface area contributed by atoms with Crippen LogP contribution in [0.2, 0.25) is 0 Å². The van der Waals surface area contributed by atoms with Gasteiger partial charge in [0.2, 0.25) is 0 Å². The Morgan fingerprint density at radius 1 is 1.39 bits per heavy atom. The number of anilines is 1. The van der Waals surface area contributed by atoms with Crippen LogP contribution in [0.5, 0.6) is 0 Å². The minimum Gasteiger partial charge on any atom is -0.390 e. The van der Waals surface area contributed by atoms with Crippen LogP contribution in [-0.2, 0) is 6.54 Å². The molecule has 0 aliphatic heterocycles. The van der Waals surface area contributed by atoms with E-state index in [4.69, 9.17) is 0 Å². The Kier molecular flexibility index (Phi) is 5.50. The van der Waals surface area contributed by atoms with E-state index in [-0.39, 0.29) is 17.8 Å². The van der Waals surface area contributed by atoms with Gasteiger partial charge >= 0.3 is 0 Å². The summed E-state index contributed by atoms with van der Waals surface area (Å²) < 4.78 is 13.6. The van der Waals surface area contributed by atoms with E-state index >= 15 is 0 Å². The first-order valence-electron chi connectivity index (χ1n) is 9.64. The molecule has 10 nitrogen and oxygen atoms in total. The van der Waals surface area contributed by atoms with Crippen LogP contribution in [0.4, 0.5) is 10.2 Å². The number of amides is 1. The third kappa shape index (κ3) is 3.90. The number of hydrogen-bond donors (Lipinski definition) is 4. The van der Waals surface area contributed by atoms with Crippen molar-refractivity contribution >= 4 is 22.8 Å². The van der Waals surface area contributed by atoms with Crippen LogP contribution in [-0.4, -0.2) is 66.5 Å². The van der Waals surface area contributed by atoms with E-state index in [2.05, 4.69) is 25.5 Å². The summed E-state index contributed by atoms with van der Waals surface area (Å²) >= 11 is 0. The molecule has 4 N–H and O–H groups in total. The summed E-state index contributed by atoms with van der Waals surface area (Å²) in [6.07, 6.45) is 0.487. The van der Waals surface area contributed by atoms with Crippen molar-refractivity contribution in [1.29, 1.82) is 5.26 Å². The number of rotatable bonds is 5. The molecule has 1 aliphatic rings. The monoisotopic (exact) mass is 425 g/mol. The first kappa shape index (κ1) is 20.6. The quantitative estimate of drug-likeness (QED) is 0.471. The number of nitriles is 1. The number of carbonyl (C=O) groups excluding carboxylic acids is 1. The molecule has 1 saturated carbocycles. The molecule has 4 rings (SSSR count). The molecule has 2 aromatic heterocycles. The molecule has 3 atom stereocenters. The standard InChI is InChI=1S/C20H20FN7O3/c1-28(8-11-6-12(21)3-2-10(11)7-22)20(31)16-15-18(23-9-24-19(15)27-26-16)25-13-4-5-14(29)17(13)30/h2-3,6,9,13-14,17,29-30H,4-5,8H2,1H3,(H2,23,24,25,26,27)/t13-,14-,17+/m1/s1. The molecule has 0 saturated heterocycles. The molecule has 1 aromatic carbocycles. The van der Waals surface area contributed by atoms with Gasteiger partial charge in [0, 0.05) is 13.6 Å². The molecule has 160 valence electrons. The highest BCUT2D eigenvalue weighted by molar-refractivity contribution is 6.07. The van der Waals surface area contributed by atoms with Crippen LogP contribution in [0.1, 0.15) is 34.5 Å². The molecular weight excluding hydrogens is 405 g/mol. The minimum atomic E-state index is -0.962. The zero-order valence-electron chi connectivity index (χ0n) is 16.6. The Morgan fingerprint density at radius 2 is 2.19 bits per heavy atom. The summed E-state index contributed by atoms with van der Waals surface area (Å²) in [5.41, 5.74) is 1.01. The number of aliphatic hydroxyl groups excluding tert-OH is 2. The fourth-order valence-corrected chi connectivity index (χ4v) is 3.73. The van der Waals surface area contributed by atoms with Crippen LogP contribution in [0.25, 0.3) is 11.0 Å². The van der Waals surface area contributed by atoms with Crippen molar-refractivity contribution < 1.29 is 19.4 Å². The van der Waals surface area contributed by atoms with Gasteiger partial charge in [-0.05, 0) is 36.6 Å². The maximum Gasteiger partial charge on any atom is 0.275 e. The number of carbonyl (C=O) groups is 1. The van der Waals surface area contributed by atoms with E-state index in [9.17, 15) is 24.7 Å². The summed E-state index contributed by atoms with van der Waals surface area (Å²) in [6.45, 7) is -0.00216. The van der Waals surface area contributed by atoms with E-state index in [1.165, 1.54) is 36.5 Å². The van der Waals surface area contributed by atoms with E-state index in [1.54, 1.807) is 0 Å². The zero-order chi connectivity index (χ0) is 22.1. The minimum absolute atomic E-state index is 0.00216. The van der Waals surface area contributed by atoms with Crippen molar-refractivity contribution in [3.05, 3.63) is 47.2 Å². The Labute approximate surface area is 176 Å². The number of aromatic nitrogens is 4. The fourth-order valence-electron chi connectivity index (χ4n) is 3.73. The van der Waals surface area contributed by atoms with Gasteiger partial charge in [0.25, 0.3) is 5.91 Å². The maximum atomic E-state index is 13.6. The highest BCUT2D eigenvalue weighted by atomic mass is 19.1. The number of aliphatic hydroxyl groups is 2. The van der Waals surface area contributed by atoms with Crippen LogP contribution in [0.3, 0.4) is 0 Å². The second-order valence-electron chi connectivity index (χ2n) is 7.48. The molecule has 0 bridgehead atoms. The topological polar surface area (TPSA) is 151 Å². The Hall–Kier alpha value is -3.62. The number of H-pyrrole nitrogens is 1. The number of halogens is 1. The molecule has 2 heterocycles. The van der Waals surface area contributed by atoms with Gasteiger partial charge < -0.3 is 20.4 Å². The third-order valence-electron chi connectivity index (χ3n) is 5.40. The number of nitrogens with one attached hydrogen (secondary N) is 2. The predicted molar refractivity (Wildman–Crippen MR) is 107 cm³/mol. The van der Waals surface area contributed by atoms with Crippen molar-refractivity contribution in [3.8, 4) is 6.07 Å². The lowest BCUT2D eigenvalue weighted by atomic mass is 10.1. The van der Waals surface area contributed by atoms with Crippen LogP contribution in [0, 0.1) is 17.1 Å². The highest BCUT2D eigenvalue weighted by Gasteiger charge is 2.34. The maximum absolute atomic E-state index is 13.6. The van der Waals surface area contributed by atoms with Crippen molar-refractivity contribution in [2.45, 2.75) is 37.6 Å². The summed E-state index contributed by atoms with van der Waals surface area (Å²) in [5.74, 6) is -0.682.